The van der Waals surface area contributed by atoms with Gasteiger partial charge in [-0.15, -0.1) is 0 Å². The SMILES string of the molecule is CNC(=O)/C(=N\OC)c1ccccc1COc1ccc(C)cc1C. The number of ether oxygens (including phenoxy) is 1. The van der Waals surface area contributed by atoms with Gasteiger partial charge in [0.05, 0.1) is 0 Å². The van der Waals surface area contributed by atoms with Crippen LogP contribution in [0.3, 0.4) is 0 Å². The van der Waals surface area contributed by atoms with Gasteiger partial charge in [-0.25, -0.2) is 0 Å². The number of amides is 1. The molecule has 0 saturated heterocycles. The van der Waals surface area contributed by atoms with Crippen molar-refractivity contribution < 1.29 is 14.4 Å². The maximum atomic E-state index is 12.1. The third kappa shape index (κ3) is 4.13. The molecular weight excluding hydrogens is 304 g/mol. The fourth-order valence-corrected chi connectivity index (χ4v) is 2.42. The highest BCUT2D eigenvalue weighted by Gasteiger charge is 2.17. The lowest BCUT2D eigenvalue weighted by Gasteiger charge is -2.13. The average molecular weight is 326 g/mol. The summed E-state index contributed by atoms with van der Waals surface area (Å²) < 4.78 is 5.93. The molecule has 0 saturated carbocycles. The molecule has 2 rings (SSSR count). The molecule has 0 bridgehead atoms. The molecule has 5 heteroatoms. The van der Waals surface area contributed by atoms with Crippen LogP contribution in [0, 0.1) is 13.8 Å². The third-order valence-electron chi connectivity index (χ3n) is 3.61. The van der Waals surface area contributed by atoms with Crippen LogP contribution in [0.4, 0.5) is 0 Å². The highest BCUT2D eigenvalue weighted by molar-refractivity contribution is 6.45. The van der Waals surface area contributed by atoms with E-state index in [-0.39, 0.29) is 11.6 Å². The Labute approximate surface area is 142 Å². The molecule has 0 radical (unpaired) electrons. The van der Waals surface area contributed by atoms with Crippen LogP contribution in [-0.2, 0) is 16.2 Å². The molecule has 0 aliphatic rings. The summed E-state index contributed by atoms with van der Waals surface area (Å²) in [6.07, 6.45) is 0. The van der Waals surface area contributed by atoms with Crippen LogP contribution in [0.15, 0.2) is 47.6 Å². The van der Waals surface area contributed by atoms with Crippen LogP contribution in [0.1, 0.15) is 22.3 Å². The Morgan fingerprint density at radius 2 is 1.92 bits per heavy atom. The van der Waals surface area contributed by atoms with Crippen LogP contribution in [-0.4, -0.2) is 25.8 Å². The van der Waals surface area contributed by atoms with Gasteiger partial charge in [0.1, 0.15) is 19.5 Å². The van der Waals surface area contributed by atoms with Gasteiger partial charge in [-0.1, -0.05) is 47.1 Å². The number of aryl methyl sites for hydroxylation is 2. The zero-order chi connectivity index (χ0) is 17.5. The van der Waals surface area contributed by atoms with Crippen molar-refractivity contribution >= 4 is 11.6 Å². The summed E-state index contributed by atoms with van der Waals surface area (Å²) in [6, 6.07) is 13.5. The lowest BCUT2D eigenvalue weighted by molar-refractivity contribution is -0.114. The van der Waals surface area contributed by atoms with E-state index >= 15 is 0 Å². The molecule has 0 aromatic heterocycles. The van der Waals surface area contributed by atoms with E-state index in [1.54, 1.807) is 7.05 Å². The summed E-state index contributed by atoms with van der Waals surface area (Å²) in [5.41, 5.74) is 4.03. The summed E-state index contributed by atoms with van der Waals surface area (Å²) in [5, 5.41) is 6.43. The van der Waals surface area contributed by atoms with Gasteiger partial charge >= 0.3 is 0 Å². The van der Waals surface area contributed by atoms with Crippen molar-refractivity contribution in [3.05, 3.63) is 64.7 Å². The molecule has 0 spiro atoms. The van der Waals surface area contributed by atoms with Crippen LogP contribution in [0.5, 0.6) is 5.75 Å². The number of oxime groups is 1. The summed E-state index contributed by atoms with van der Waals surface area (Å²) in [4.78, 5) is 16.9. The number of hydrogen-bond donors (Lipinski definition) is 1. The predicted molar refractivity (Wildman–Crippen MR) is 94.3 cm³/mol. The van der Waals surface area contributed by atoms with E-state index < -0.39 is 0 Å². The fraction of sp³-hybridized carbons (Fsp3) is 0.263. The summed E-state index contributed by atoms with van der Waals surface area (Å²) >= 11 is 0. The molecule has 0 aliphatic carbocycles. The van der Waals surface area contributed by atoms with Crippen molar-refractivity contribution in [3.63, 3.8) is 0 Å². The van der Waals surface area contributed by atoms with E-state index in [0.717, 1.165) is 16.9 Å². The lowest BCUT2D eigenvalue weighted by Crippen LogP contribution is -2.29. The Morgan fingerprint density at radius 1 is 1.17 bits per heavy atom. The minimum Gasteiger partial charge on any atom is -0.489 e. The van der Waals surface area contributed by atoms with Gasteiger partial charge in [0.25, 0.3) is 5.91 Å². The van der Waals surface area contributed by atoms with Gasteiger partial charge < -0.3 is 14.9 Å². The fourth-order valence-electron chi connectivity index (χ4n) is 2.42. The molecule has 24 heavy (non-hydrogen) atoms. The van der Waals surface area contributed by atoms with Gasteiger partial charge in [-0.05, 0) is 31.0 Å². The number of nitrogens with one attached hydrogen (secondary N) is 1. The summed E-state index contributed by atoms with van der Waals surface area (Å²) in [6.45, 7) is 4.39. The molecule has 0 fully saturated rings. The standard InChI is InChI=1S/C19H22N2O3/c1-13-9-10-17(14(2)11-13)24-12-15-7-5-6-8-16(15)18(21-23-4)19(22)20-3/h5-11H,12H2,1-4H3,(H,20,22)/b21-18-. The lowest BCUT2D eigenvalue weighted by atomic mass is 10.0. The Bertz CT molecular complexity index is 754. The molecule has 2 aromatic carbocycles. The molecule has 1 N–H and O–H groups in total. The largest absolute Gasteiger partial charge is 0.489 e. The number of carbonyl (C=O) groups is 1. The maximum absolute atomic E-state index is 12.1. The van der Waals surface area contributed by atoms with Gasteiger partial charge in [-0.3, -0.25) is 4.79 Å². The first-order valence-corrected chi connectivity index (χ1v) is 7.68. The molecule has 126 valence electrons. The van der Waals surface area contributed by atoms with E-state index in [9.17, 15) is 4.79 Å². The predicted octanol–water partition coefficient (Wildman–Crippen LogP) is 2.98. The molecule has 0 atom stereocenters. The van der Waals surface area contributed by atoms with E-state index in [4.69, 9.17) is 9.57 Å². The topological polar surface area (TPSA) is 59.9 Å². The zero-order valence-electron chi connectivity index (χ0n) is 14.4. The molecule has 0 aliphatic heterocycles. The number of hydrogen-bond acceptors (Lipinski definition) is 4. The molecule has 0 unspecified atom stereocenters. The summed E-state index contributed by atoms with van der Waals surface area (Å²) in [5.74, 6) is 0.511. The van der Waals surface area contributed by atoms with Crippen molar-refractivity contribution in [3.8, 4) is 5.75 Å². The zero-order valence-corrected chi connectivity index (χ0v) is 14.4. The quantitative estimate of drug-likeness (QED) is 0.656. The van der Waals surface area contributed by atoms with Crippen molar-refractivity contribution in [2.75, 3.05) is 14.2 Å². The Morgan fingerprint density at radius 3 is 2.58 bits per heavy atom. The molecular formula is C19H22N2O3. The number of carbonyl (C=O) groups excluding carboxylic acids is 1. The second-order valence-corrected chi connectivity index (χ2v) is 5.42. The van der Waals surface area contributed by atoms with Gasteiger partial charge in [0.2, 0.25) is 0 Å². The summed E-state index contributed by atoms with van der Waals surface area (Å²) in [7, 11) is 2.97. The molecule has 5 nitrogen and oxygen atoms in total. The first-order valence-electron chi connectivity index (χ1n) is 7.68. The molecule has 2 aromatic rings. The normalized spacial score (nSPS) is 11.1. The van der Waals surface area contributed by atoms with E-state index in [2.05, 4.69) is 16.5 Å². The Balaban J connectivity index is 2.28. The average Bonchev–Trinajstić information content (AvgIpc) is 2.59. The number of rotatable bonds is 6. The first-order chi connectivity index (χ1) is 11.6. The van der Waals surface area contributed by atoms with Crippen molar-refractivity contribution in [2.24, 2.45) is 5.16 Å². The second kappa shape index (κ2) is 8.15. The third-order valence-corrected chi connectivity index (χ3v) is 3.61. The molecule has 0 heterocycles. The number of likely N-dealkylation sites (N-methyl/N-ethyl adjacent to an activating group) is 1. The highest BCUT2D eigenvalue weighted by atomic mass is 16.6. The first kappa shape index (κ1) is 17.5. The minimum atomic E-state index is -0.309. The number of nitrogens with zero attached hydrogens (tertiary/aromatic N) is 1. The minimum absolute atomic E-state index is 0.222. The van der Waals surface area contributed by atoms with Crippen LogP contribution in [0.25, 0.3) is 0 Å². The van der Waals surface area contributed by atoms with E-state index in [0.29, 0.717) is 12.2 Å². The second-order valence-electron chi connectivity index (χ2n) is 5.42. The van der Waals surface area contributed by atoms with Gasteiger partial charge in [0.15, 0.2) is 5.71 Å². The van der Waals surface area contributed by atoms with Crippen LogP contribution >= 0.6 is 0 Å². The molecule has 1 amide bonds. The van der Waals surface area contributed by atoms with Gasteiger partial charge in [-0.2, -0.15) is 0 Å². The monoisotopic (exact) mass is 326 g/mol. The highest BCUT2D eigenvalue weighted by Crippen LogP contribution is 2.21. The van der Waals surface area contributed by atoms with Crippen molar-refractivity contribution in [1.29, 1.82) is 0 Å². The van der Waals surface area contributed by atoms with Crippen molar-refractivity contribution in [2.45, 2.75) is 20.5 Å². The maximum Gasteiger partial charge on any atom is 0.273 e. The van der Waals surface area contributed by atoms with Crippen LogP contribution < -0.4 is 10.1 Å². The Kier molecular flexibility index (Phi) is 5.95. The van der Waals surface area contributed by atoms with Crippen molar-refractivity contribution in [1.82, 2.24) is 5.32 Å². The van der Waals surface area contributed by atoms with E-state index in [1.807, 2.05) is 50.2 Å². The van der Waals surface area contributed by atoms with E-state index in [1.165, 1.54) is 12.7 Å². The van der Waals surface area contributed by atoms with Gasteiger partial charge in [0, 0.05) is 12.6 Å². The number of benzene rings is 2. The Hall–Kier alpha value is -2.82. The smallest absolute Gasteiger partial charge is 0.273 e. The van der Waals surface area contributed by atoms with Crippen LogP contribution in [0.2, 0.25) is 0 Å².